The van der Waals surface area contributed by atoms with Gasteiger partial charge in [-0.3, -0.25) is 4.79 Å². The minimum absolute atomic E-state index is 0.118. The van der Waals surface area contributed by atoms with E-state index in [9.17, 15) is 9.18 Å². The SMILES string of the molecule is CSc1ccccc1NC(=O)CSc1nnc(C(C)Oc2ccccc2F)n1CC(C)C. The van der Waals surface area contributed by atoms with Crippen LogP contribution in [0, 0.1) is 11.7 Å². The first-order chi connectivity index (χ1) is 15.4. The summed E-state index contributed by atoms with van der Waals surface area (Å²) in [7, 11) is 0. The predicted octanol–water partition coefficient (Wildman–Crippen LogP) is 5.67. The van der Waals surface area contributed by atoms with Crippen LogP contribution in [-0.4, -0.2) is 32.7 Å². The molecule has 0 fully saturated rings. The molecule has 0 spiro atoms. The monoisotopic (exact) mass is 474 g/mol. The van der Waals surface area contributed by atoms with Crippen LogP contribution in [0.15, 0.2) is 58.6 Å². The van der Waals surface area contributed by atoms with Crippen LogP contribution in [0.3, 0.4) is 0 Å². The molecule has 1 heterocycles. The highest BCUT2D eigenvalue weighted by molar-refractivity contribution is 7.99. The molecule has 0 saturated heterocycles. The van der Waals surface area contributed by atoms with Crippen molar-refractivity contribution >= 4 is 35.1 Å². The molecule has 0 bridgehead atoms. The second-order valence-corrected chi connectivity index (χ2v) is 9.36. The molecule has 1 atom stereocenters. The van der Waals surface area contributed by atoms with E-state index in [0.717, 1.165) is 10.6 Å². The number of halogens is 1. The maximum atomic E-state index is 14.0. The highest BCUT2D eigenvalue weighted by Crippen LogP contribution is 2.28. The average Bonchev–Trinajstić information content (AvgIpc) is 3.16. The number of ether oxygens (including phenoxy) is 1. The highest BCUT2D eigenvalue weighted by atomic mass is 32.2. The zero-order chi connectivity index (χ0) is 23.1. The first kappa shape index (κ1) is 24.1. The van der Waals surface area contributed by atoms with E-state index in [2.05, 4.69) is 29.4 Å². The molecule has 0 aliphatic heterocycles. The van der Waals surface area contributed by atoms with E-state index < -0.39 is 11.9 Å². The lowest BCUT2D eigenvalue weighted by atomic mass is 10.2. The van der Waals surface area contributed by atoms with Crippen molar-refractivity contribution in [2.75, 3.05) is 17.3 Å². The van der Waals surface area contributed by atoms with Crippen LogP contribution >= 0.6 is 23.5 Å². The Labute approximate surface area is 196 Å². The third-order valence-electron chi connectivity index (χ3n) is 4.51. The number of carbonyl (C=O) groups excluding carboxylic acids is 1. The van der Waals surface area contributed by atoms with Gasteiger partial charge in [-0.2, -0.15) is 0 Å². The first-order valence-corrected chi connectivity index (χ1v) is 12.5. The first-order valence-electron chi connectivity index (χ1n) is 10.3. The number of benzene rings is 2. The van der Waals surface area contributed by atoms with Gasteiger partial charge in [0.1, 0.15) is 0 Å². The van der Waals surface area contributed by atoms with Crippen LogP contribution < -0.4 is 10.1 Å². The van der Waals surface area contributed by atoms with E-state index in [0.29, 0.717) is 23.4 Å². The molecule has 0 aliphatic carbocycles. The summed E-state index contributed by atoms with van der Waals surface area (Å²) in [5.74, 6) is 0.741. The van der Waals surface area contributed by atoms with E-state index in [1.165, 1.54) is 17.8 Å². The Hall–Kier alpha value is -2.52. The van der Waals surface area contributed by atoms with Crippen molar-refractivity contribution in [2.24, 2.45) is 5.92 Å². The number of hydrogen-bond donors (Lipinski definition) is 1. The predicted molar refractivity (Wildman–Crippen MR) is 128 cm³/mol. The standard InChI is InChI=1S/C23H27FN4O2S2/c1-15(2)13-28-22(16(3)30-19-11-7-5-9-17(19)24)26-27-23(28)32-14-21(29)25-18-10-6-8-12-20(18)31-4/h5-12,15-16H,13-14H2,1-4H3,(H,25,29). The third kappa shape index (κ3) is 6.26. The Bertz CT molecular complexity index is 1060. The number of nitrogens with one attached hydrogen (secondary N) is 1. The van der Waals surface area contributed by atoms with Crippen LogP contribution in [0.5, 0.6) is 5.75 Å². The molecule has 3 rings (SSSR count). The lowest BCUT2D eigenvalue weighted by Crippen LogP contribution is -2.17. The number of anilines is 1. The van der Waals surface area contributed by atoms with Gasteiger partial charge in [0.25, 0.3) is 0 Å². The van der Waals surface area contributed by atoms with E-state index in [1.807, 2.05) is 42.0 Å². The minimum Gasteiger partial charge on any atom is -0.480 e. The van der Waals surface area contributed by atoms with Gasteiger partial charge in [-0.15, -0.1) is 22.0 Å². The molecule has 1 N–H and O–H groups in total. The molecular formula is C23H27FN4O2S2. The van der Waals surface area contributed by atoms with Crippen LogP contribution in [0.2, 0.25) is 0 Å². The fourth-order valence-corrected chi connectivity index (χ4v) is 4.40. The molecule has 0 saturated carbocycles. The van der Waals surface area contributed by atoms with Crippen LogP contribution in [-0.2, 0) is 11.3 Å². The number of para-hydroxylation sites is 2. The second-order valence-electron chi connectivity index (χ2n) is 7.57. The zero-order valence-electron chi connectivity index (χ0n) is 18.5. The molecule has 1 amide bonds. The number of rotatable bonds is 10. The minimum atomic E-state index is -0.505. The topological polar surface area (TPSA) is 69.0 Å². The van der Waals surface area contributed by atoms with Gasteiger partial charge in [0, 0.05) is 11.4 Å². The largest absolute Gasteiger partial charge is 0.480 e. The van der Waals surface area contributed by atoms with Crippen molar-refractivity contribution in [1.29, 1.82) is 0 Å². The maximum Gasteiger partial charge on any atom is 0.234 e. The van der Waals surface area contributed by atoms with E-state index in [1.54, 1.807) is 30.0 Å². The van der Waals surface area contributed by atoms with Crippen molar-refractivity contribution in [1.82, 2.24) is 14.8 Å². The van der Waals surface area contributed by atoms with E-state index >= 15 is 0 Å². The number of carbonyl (C=O) groups is 1. The van der Waals surface area contributed by atoms with Crippen LogP contribution in [0.25, 0.3) is 0 Å². The Balaban J connectivity index is 1.71. The van der Waals surface area contributed by atoms with Crippen LogP contribution in [0.4, 0.5) is 10.1 Å². The fraction of sp³-hybridized carbons (Fsp3) is 0.348. The fourth-order valence-electron chi connectivity index (χ4n) is 3.09. The van der Waals surface area contributed by atoms with Crippen molar-refractivity contribution in [3.63, 3.8) is 0 Å². The van der Waals surface area contributed by atoms with Gasteiger partial charge in [-0.05, 0) is 43.4 Å². The molecule has 9 heteroatoms. The lowest BCUT2D eigenvalue weighted by molar-refractivity contribution is -0.113. The van der Waals surface area contributed by atoms with Gasteiger partial charge in [0.15, 0.2) is 28.7 Å². The van der Waals surface area contributed by atoms with Gasteiger partial charge in [-0.25, -0.2) is 4.39 Å². The highest BCUT2D eigenvalue weighted by Gasteiger charge is 2.22. The Morgan fingerprint density at radius 1 is 1.12 bits per heavy atom. The summed E-state index contributed by atoms with van der Waals surface area (Å²) in [5, 5.41) is 12.2. The second kappa shape index (κ2) is 11.4. The Morgan fingerprint density at radius 3 is 2.56 bits per heavy atom. The van der Waals surface area contributed by atoms with Crippen molar-refractivity contribution in [3.05, 3.63) is 60.2 Å². The maximum absolute atomic E-state index is 14.0. The van der Waals surface area contributed by atoms with Crippen molar-refractivity contribution in [2.45, 2.75) is 43.5 Å². The number of aromatic nitrogens is 3. The average molecular weight is 475 g/mol. The molecular weight excluding hydrogens is 447 g/mol. The summed E-state index contributed by atoms with van der Waals surface area (Å²) < 4.78 is 21.8. The Kier molecular flexibility index (Phi) is 8.58. The number of nitrogens with zero attached hydrogens (tertiary/aromatic N) is 3. The Morgan fingerprint density at radius 2 is 1.84 bits per heavy atom. The van der Waals surface area contributed by atoms with Crippen molar-refractivity contribution in [3.8, 4) is 5.75 Å². The quantitative estimate of drug-likeness (QED) is 0.382. The summed E-state index contributed by atoms with van der Waals surface area (Å²) in [6.45, 7) is 6.65. The number of amides is 1. The summed E-state index contributed by atoms with van der Waals surface area (Å²) in [4.78, 5) is 13.6. The third-order valence-corrected chi connectivity index (χ3v) is 6.27. The molecule has 3 aromatic rings. The van der Waals surface area contributed by atoms with E-state index in [4.69, 9.17) is 4.74 Å². The molecule has 32 heavy (non-hydrogen) atoms. The molecule has 1 aromatic heterocycles. The summed E-state index contributed by atoms with van der Waals surface area (Å²) >= 11 is 2.90. The molecule has 0 radical (unpaired) electrons. The van der Waals surface area contributed by atoms with Gasteiger partial charge in [0.05, 0.1) is 11.4 Å². The molecule has 6 nitrogen and oxygen atoms in total. The number of thioether (sulfide) groups is 2. The summed E-state index contributed by atoms with van der Waals surface area (Å²) in [6, 6.07) is 14.0. The van der Waals surface area contributed by atoms with Crippen molar-refractivity contribution < 1.29 is 13.9 Å². The molecule has 2 aromatic carbocycles. The molecule has 1 unspecified atom stereocenters. The summed E-state index contributed by atoms with van der Waals surface area (Å²) in [5.41, 5.74) is 0.793. The van der Waals surface area contributed by atoms with Crippen LogP contribution in [0.1, 0.15) is 32.7 Å². The zero-order valence-corrected chi connectivity index (χ0v) is 20.2. The van der Waals surface area contributed by atoms with Gasteiger partial charge < -0.3 is 14.6 Å². The smallest absolute Gasteiger partial charge is 0.234 e. The van der Waals surface area contributed by atoms with Gasteiger partial charge in [-0.1, -0.05) is 49.9 Å². The normalized spacial score (nSPS) is 12.1. The molecule has 0 aliphatic rings. The van der Waals surface area contributed by atoms with Gasteiger partial charge >= 0.3 is 0 Å². The van der Waals surface area contributed by atoms with Gasteiger partial charge in [0.2, 0.25) is 5.91 Å². The van der Waals surface area contributed by atoms with E-state index in [-0.39, 0.29) is 17.4 Å². The molecule has 170 valence electrons. The lowest BCUT2D eigenvalue weighted by Gasteiger charge is -2.18. The number of hydrogen-bond acceptors (Lipinski definition) is 6. The summed E-state index contributed by atoms with van der Waals surface area (Å²) in [6.07, 6.45) is 1.47.